The molecule has 0 aliphatic heterocycles. The van der Waals surface area contributed by atoms with Gasteiger partial charge in [0.05, 0.1) is 11.1 Å². The van der Waals surface area contributed by atoms with E-state index in [0.717, 1.165) is 0 Å². The zero-order chi connectivity index (χ0) is 9.14. The molecule has 3 nitrogen and oxygen atoms in total. The SMILES string of the molecule is CCOc1ccc(Br)c(O)c1N. The zero-order valence-electron chi connectivity index (χ0n) is 6.67. The van der Waals surface area contributed by atoms with Crippen molar-refractivity contribution in [3.8, 4) is 11.5 Å². The minimum atomic E-state index is 0.0287. The van der Waals surface area contributed by atoms with Gasteiger partial charge < -0.3 is 15.6 Å². The van der Waals surface area contributed by atoms with Crippen LogP contribution < -0.4 is 10.5 Å². The van der Waals surface area contributed by atoms with Crippen molar-refractivity contribution in [2.75, 3.05) is 12.3 Å². The maximum absolute atomic E-state index is 9.36. The van der Waals surface area contributed by atoms with Gasteiger partial charge in [-0.2, -0.15) is 0 Å². The minimum Gasteiger partial charge on any atom is -0.505 e. The van der Waals surface area contributed by atoms with E-state index in [9.17, 15) is 5.11 Å². The Labute approximate surface area is 79.3 Å². The molecule has 0 radical (unpaired) electrons. The van der Waals surface area contributed by atoms with E-state index in [1.165, 1.54) is 0 Å². The lowest BCUT2D eigenvalue weighted by atomic mass is 10.3. The second kappa shape index (κ2) is 3.67. The number of hydrogen-bond acceptors (Lipinski definition) is 3. The molecule has 0 amide bonds. The predicted molar refractivity (Wildman–Crippen MR) is 51.4 cm³/mol. The number of rotatable bonds is 2. The molecule has 66 valence electrons. The number of phenols is 1. The molecule has 12 heavy (non-hydrogen) atoms. The topological polar surface area (TPSA) is 55.5 Å². The summed E-state index contributed by atoms with van der Waals surface area (Å²) in [6.45, 7) is 2.39. The standard InChI is InChI=1S/C8H10BrNO2/c1-2-12-6-4-3-5(9)8(11)7(6)10/h3-4,11H,2,10H2,1H3. The van der Waals surface area contributed by atoms with E-state index in [2.05, 4.69) is 15.9 Å². The van der Waals surface area contributed by atoms with Crippen molar-refractivity contribution in [1.82, 2.24) is 0 Å². The first kappa shape index (κ1) is 9.19. The van der Waals surface area contributed by atoms with Crippen molar-refractivity contribution in [3.05, 3.63) is 16.6 Å². The Morgan fingerprint density at radius 1 is 1.58 bits per heavy atom. The highest BCUT2D eigenvalue weighted by Crippen LogP contribution is 2.36. The number of benzene rings is 1. The number of nitrogen functional groups attached to an aromatic ring is 1. The fourth-order valence-corrected chi connectivity index (χ4v) is 1.19. The Balaban J connectivity index is 3.08. The Bertz CT molecular complexity index is 289. The summed E-state index contributed by atoms with van der Waals surface area (Å²) in [7, 11) is 0. The Hall–Kier alpha value is -0.900. The van der Waals surface area contributed by atoms with Gasteiger partial charge in [-0.1, -0.05) is 0 Å². The van der Waals surface area contributed by atoms with E-state index in [-0.39, 0.29) is 11.4 Å². The van der Waals surface area contributed by atoms with Crippen molar-refractivity contribution in [2.24, 2.45) is 0 Å². The minimum absolute atomic E-state index is 0.0287. The molecule has 0 saturated carbocycles. The van der Waals surface area contributed by atoms with Crippen LogP contribution in [0, 0.1) is 0 Å². The highest BCUT2D eigenvalue weighted by Gasteiger charge is 2.07. The molecule has 0 aliphatic carbocycles. The molecular formula is C8H10BrNO2. The van der Waals surface area contributed by atoms with E-state index in [0.29, 0.717) is 16.8 Å². The van der Waals surface area contributed by atoms with E-state index in [1.807, 2.05) is 6.92 Å². The molecule has 1 aromatic rings. The van der Waals surface area contributed by atoms with Crippen LogP contribution in [0.15, 0.2) is 16.6 Å². The fourth-order valence-electron chi connectivity index (χ4n) is 0.844. The van der Waals surface area contributed by atoms with Crippen LogP contribution in [0.25, 0.3) is 0 Å². The molecule has 0 heterocycles. The van der Waals surface area contributed by atoms with Gasteiger partial charge in [-0.05, 0) is 35.0 Å². The van der Waals surface area contributed by atoms with Crippen LogP contribution in [0.3, 0.4) is 0 Å². The van der Waals surface area contributed by atoms with Crippen molar-refractivity contribution >= 4 is 21.6 Å². The largest absolute Gasteiger partial charge is 0.505 e. The van der Waals surface area contributed by atoms with Crippen LogP contribution in [-0.4, -0.2) is 11.7 Å². The quantitative estimate of drug-likeness (QED) is 0.606. The van der Waals surface area contributed by atoms with Gasteiger partial charge in [-0.3, -0.25) is 0 Å². The summed E-state index contributed by atoms with van der Waals surface area (Å²) in [6, 6.07) is 3.40. The normalized spacial score (nSPS) is 9.83. The maximum Gasteiger partial charge on any atom is 0.156 e. The molecule has 1 rings (SSSR count). The number of phenolic OH excluding ortho intramolecular Hbond substituents is 1. The third-order valence-electron chi connectivity index (χ3n) is 1.43. The molecular weight excluding hydrogens is 222 g/mol. The molecule has 3 N–H and O–H groups in total. The average molecular weight is 232 g/mol. The van der Waals surface area contributed by atoms with Gasteiger partial charge in [-0.15, -0.1) is 0 Å². The van der Waals surface area contributed by atoms with E-state index < -0.39 is 0 Å². The summed E-state index contributed by atoms with van der Waals surface area (Å²) in [6.07, 6.45) is 0. The lowest BCUT2D eigenvalue weighted by Gasteiger charge is -2.08. The molecule has 0 bridgehead atoms. The summed E-state index contributed by atoms with van der Waals surface area (Å²) >= 11 is 3.15. The number of ether oxygens (including phenoxy) is 1. The second-order valence-corrected chi connectivity index (χ2v) is 3.10. The summed E-state index contributed by atoms with van der Waals surface area (Å²) in [5.41, 5.74) is 5.83. The number of nitrogens with two attached hydrogens (primary N) is 1. The average Bonchev–Trinajstić information content (AvgIpc) is 2.07. The fraction of sp³-hybridized carbons (Fsp3) is 0.250. The number of hydrogen-bond donors (Lipinski definition) is 2. The van der Waals surface area contributed by atoms with Gasteiger partial charge >= 0.3 is 0 Å². The first-order chi connectivity index (χ1) is 5.66. The van der Waals surface area contributed by atoms with Gasteiger partial charge in [0, 0.05) is 0 Å². The smallest absolute Gasteiger partial charge is 0.156 e. The maximum atomic E-state index is 9.36. The monoisotopic (exact) mass is 231 g/mol. The number of anilines is 1. The molecule has 0 saturated heterocycles. The van der Waals surface area contributed by atoms with Crippen LogP contribution in [-0.2, 0) is 0 Å². The van der Waals surface area contributed by atoms with Crippen molar-refractivity contribution in [1.29, 1.82) is 0 Å². The lowest BCUT2D eigenvalue weighted by Crippen LogP contribution is -1.96. The summed E-state index contributed by atoms with van der Waals surface area (Å²) < 4.78 is 5.74. The molecule has 0 spiro atoms. The van der Waals surface area contributed by atoms with Gasteiger partial charge in [0.2, 0.25) is 0 Å². The third-order valence-corrected chi connectivity index (χ3v) is 2.07. The van der Waals surface area contributed by atoms with Gasteiger partial charge in [0.15, 0.2) is 5.75 Å². The van der Waals surface area contributed by atoms with E-state index >= 15 is 0 Å². The van der Waals surface area contributed by atoms with Crippen LogP contribution in [0.4, 0.5) is 5.69 Å². The number of halogens is 1. The molecule has 0 atom stereocenters. The first-order valence-electron chi connectivity index (χ1n) is 3.56. The highest BCUT2D eigenvalue weighted by molar-refractivity contribution is 9.10. The van der Waals surface area contributed by atoms with Crippen molar-refractivity contribution < 1.29 is 9.84 Å². The van der Waals surface area contributed by atoms with E-state index in [4.69, 9.17) is 10.5 Å². The predicted octanol–water partition coefficient (Wildman–Crippen LogP) is 2.14. The number of aromatic hydroxyl groups is 1. The summed E-state index contributed by atoms with van der Waals surface area (Å²) in [5, 5.41) is 9.36. The first-order valence-corrected chi connectivity index (χ1v) is 4.35. The second-order valence-electron chi connectivity index (χ2n) is 2.24. The van der Waals surface area contributed by atoms with Crippen LogP contribution in [0.1, 0.15) is 6.92 Å². The Kier molecular flexibility index (Phi) is 2.81. The van der Waals surface area contributed by atoms with Crippen molar-refractivity contribution in [3.63, 3.8) is 0 Å². The lowest BCUT2D eigenvalue weighted by molar-refractivity contribution is 0.340. The Morgan fingerprint density at radius 3 is 2.83 bits per heavy atom. The highest BCUT2D eigenvalue weighted by atomic mass is 79.9. The zero-order valence-corrected chi connectivity index (χ0v) is 8.26. The molecule has 4 heteroatoms. The molecule has 0 unspecified atom stereocenters. The van der Waals surface area contributed by atoms with Gasteiger partial charge in [0.25, 0.3) is 0 Å². The molecule has 1 aromatic carbocycles. The van der Waals surface area contributed by atoms with Crippen LogP contribution >= 0.6 is 15.9 Å². The van der Waals surface area contributed by atoms with Crippen molar-refractivity contribution in [2.45, 2.75) is 6.92 Å². The molecule has 0 aliphatic rings. The molecule has 0 aromatic heterocycles. The van der Waals surface area contributed by atoms with Gasteiger partial charge in [0.1, 0.15) is 11.4 Å². The van der Waals surface area contributed by atoms with Crippen LogP contribution in [0.5, 0.6) is 11.5 Å². The summed E-state index contributed by atoms with van der Waals surface area (Å²) in [5.74, 6) is 0.541. The third kappa shape index (κ3) is 1.64. The van der Waals surface area contributed by atoms with Gasteiger partial charge in [-0.25, -0.2) is 0 Å². The summed E-state index contributed by atoms with van der Waals surface area (Å²) in [4.78, 5) is 0. The van der Waals surface area contributed by atoms with Crippen LogP contribution in [0.2, 0.25) is 0 Å². The van der Waals surface area contributed by atoms with E-state index in [1.54, 1.807) is 12.1 Å². The molecule has 0 fully saturated rings. The Morgan fingerprint density at radius 2 is 2.25 bits per heavy atom.